The highest BCUT2D eigenvalue weighted by Gasteiger charge is 2.30. The number of nitrogens with zero attached hydrogens (tertiary/aromatic N) is 4. The quantitative estimate of drug-likeness (QED) is 0.767. The van der Waals surface area contributed by atoms with Gasteiger partial charge in [-0.1, -0.05) is 0 Å². The van der Waals surface area contributed by atoms with Crippen LogP contribution in [0, 0.1) is 12.8 Å². The molecule has 0 spiro atoms. The lowest BCUT2D eigenvalue weighted by molar-refractivity contribution is 0.0967. The van der Waals surface area contributed by atoms with E-state index in [9.17, 15) is 4.79 Å². The molecule has 5 heteroatoms. The van der Waals surface area contributed by atoms with Crippen molar-refractivity contribution < 1.29 is 4.79 Å². The molecule has 0 aromatic carbocycles. The molecule has 2 aromatic rings. The van der Waals surface area contributed by atoms with Gasteiger partial charge >= 0.3 is 0 Å². The zero-order valence-electron chi connectivity index (χ0n) is 10.6. The molecule has 0 unspecified atom stereocenters. The van der Waals surface area contributed by atoms with Gasteiger partial charge in [0.05, 0.1) is 6.54 Å². The summed E-state index contributed by atoms with van der Waals surface area (Å²) in [7, 11) is 1.95. The second-order valence-corrected chi connectivity index (χ2v) is 4.93. The van der Waals surface area contributed by atoms with Crippen LogP contribution in [0.15, 0.2) is 18.5 Å². The highest BCUT2D eigenvalue weighted by molar-refractivity contribution is 5.99. The van der Waals surface area contributed by atoms with Crippen LogP contribution in [0.25, 0.3) is 0 Å². The lowest BCUT2D eigenvalue weighted by Crippen LogP contribution is -2.05. The van der Waals surface area contributed by atoms with E-state index in [1.54, 1.807) is 0 Å². The third kappa shape index (κ3) is 1.96. The number of Topliss-reactive ketones (excluding diaryl/α,β-unsaturated/α-hetero) is 1. The van der Waals surface area contributed by atoms with Gasteiger partial charge in [0.2, 0.25) is 0 Å². The van der Waals surface area contributed by atoms with E-state index in [1.807, 2.05) is 41.6 Å². The fourth-order valence-corrected chi connectivity index (χ4v) is 2.02. The van der Waals surface area contributed by atoms with E-state index >= 15 is 0 Å². The minimum absolute atomic E-state index is 0.276. The molecular formula is C13H16N4O. The maximum absolute atomic E-state index is 11.9. The molecule has 1 saturated carbocycles. The number of rotatable bonds is 4. The molecule has 0 aliphatic heterocycles. The predicted octanol–water partition coefficient (Wildman–Crippen LogP) is 1.57. The van der Waals surface area contributed by atoms with Gasteiger partial charge < -0.3 is 9.13 Å². The normalized spacial score (nSPS) is 15.0. The van der Waals surface area contributed by atoms with E-state index in [0.29, 0.717) is 6.54 Å². The second-order valence-electron chi connectivity index (χ2n) is 4.93. The summed E-state index contributed by atoms with van der Waals surface area (Å²) in [5.41, 5.74) is 0.816. The number of hydrogen-bond acceptors (Lipinski definition) is 3. The summed E-state index contributed by atoms with van der Waals surface area (Å²) in [5, 5.41) is 8.14. The maximum atomic E-state index is 11.9. The van der Waals surface area contributed by atoms with Crippen LogP contribution < -0.4 is 0 Å². The van der Waals surface area contributed by atoms with Gasteiger partial charge in [0, 0.05) is 30.9 Å². The second kappa shape index (κ2) is 4.08. The van der Waals surface area contributed by atoms with Gasteiger partial charge in [-0.05, 0) is 25.8 Å². The first-order valence-corrected chi connectivity index (χ1v) is 6.20. The fourth-order valence-electron chi connectivity index (χ4n) is 2.02. The number of hydrogen-bond donors (Lipinski definition) is 0. The van der Waals surface area contributed by atoms with Crippen molar-refractivity contribution in [2.75, 3.05) is 0 Å². The smallest absolute Gasteiger partial charge is 0.167 e. The Balaban J connectivity index is 1.77. The van der Waals surface area contributed by atoms with Crippen molar-refractivity contribution >= 4 is 5.78 Å². The molecule has 0 saturated heterocycles. The molecule has 0 N–H and O–H groups in total. The molecule has 94 valence electrons. The highest BCUT2D eigenvalue weighted by atomic mass is 16.1. The molecule has 2 aromatic heterocycles. The van der Waals surface area contributed by atoms with Crippen LogP contribution >= 0.6 is 0 Å². The molecule has 0 amide bonds. The minimum atomic E-state index is 0.276. The van der Waals surface area contributed by atoms with Crippen molar-refractivity contribution in [3.63, 3.8) is 0 Å². The molecule has 0 atom stereocenters. The summed E-state index contributed by atoms with van der Waals surface area (Å²) < 4.78 is 3.95. The van der Waals surface area contributed by atoms with E-state index < -0.39 is 0 Å². The number of carbonyl (C=O) groups excluding carboxylic acids is 1. The Bertz CT molecular complexity index is 592. The van der Waals surface area contributed by atoms with Gasteiger partial charge in [-0.25, -0.2) is 0 Å². The van der Waals surface area contributed by atoms with E-state index in [0.717, 1.165) is 30.1 Å². The first-order valence-electron chi connectivity index (χ1n) is 6.20. The molecule has 0 bridgehead atoms. The van der Waals surface area contributed by atoms with E-state index in [4.69, 9.17) is 0 Å². The Morgan fingerprint density at radius 1 is 1.44 bits per heavy atom. The molecule has 3 rings (SSSR count). The molecule has 0 radical (unpaired) electrons. The first kappa shape index (κ1) is 11.2. The number of ketones is 1. The van der Waals surface area contributed by atoms with Crippen LogP contribution in [0.5, 0.6) is 0 Å². The van der Waals surface area contributed by atoms with Crippen LogP contribution in [-0.2, 0) is 13.6 Å². The van der Waals surface area contributed by atoms with E-state index in [2.05, 4.69) is 10.2 Å². The number of carbonyl (C=O) groups is 1. The van der Waals surface area contributed by atoms with Crippen LogP contribution in [0.4, 0.5) is 0 Å². The summed E-state index contributed by atoms with van der Waals surface area (Å²) in [6, 6.07) is 1.89. The van der Waals surface area contributed by atoms with Gasteiger partial charge in [0.15, 0.2) is 11.6 Å². The topological polar surface area (TPSA) is 52.7 Å². The van der Waals surface area contributed by atoms with Crippen LogP contribution in [0.3, 0.4) is 0 Å². The Kier molecular flexibility index (Phi) is 2.54. The third-order valence-electron chi connectivity index (χ3n) is 3.49. The van der Waals surface area contributed by atoms with E-state index in [-0.39, 0.29) is 11.7 Å². The summed E-state index contributed by atoms with van der Waals surface area (Å²) in [6.07, 6.45) is 5.93. The number of aromatic nitrogens is 4. The zero-order valence-corrected chi connectivity index (χ0v) is 10.6. The van der Waals surface area contributed by atoms with Gasteiger partial charge in [-0.2, -0.15) is 0 Å². The Hall–Kier alpha value is -1.91. The fraction of sp³-hybridized carbons (Fsp3) is 0.462. The summed E-state index contributed by atoms with van der Waals surface area (Å²) in [6.45, 7) is 2.57. The first-order chi connectivity index (χ1) is 8.65. The Labute approximate surface area is 105 Å². The summed E-state index contributed by atoms with van der Waals surface area (Å²) in [5.74, 6) is 2.35. The number of aryl methyl sites for hydroxylation is 1. The highest BCUT2D eigenvalue weighted by Crippen LogP contribution is 2.32. The molecule has 2 heterocycles. The van der Waals surface area contributed by atoms with Crippen LogP contribution in [-0.4, -0.2) is 25.1 Å². The minimum Gasteiger partial charge on any atom is -0.346 e. The third-order valence-corrected chi connectivity index (χ3v) is 3.49. The molecule has 1 aliphatic rings. The lowest BCUT2D eigenvalue weighted by Gasteiger charge is -2.02. The summed E-state index contributed by atoms with van der Waals surface area (Å²) >= 11 is 0. The molecule has 1 fully saturated rings. The largest absolute Gasteiger partial charge is 0.346 e. The SMILES string of the molecule is Cc1nnc(Cn2ccc(C(=O)C3CC3)c2)n1C. The van der Waals surface area contributed by atoms with Crippen LogP contribution in [0.1, 0.15) is 34.8 Å². The van der Waals surface area contributed by atoms with Crippen molar-refractivity contribution in [3.8, 4) is 0 Å². The molecule has 1 aliphatic carbocycles. The standard InChI is InChI=1S/C13H16N4O/c1-9-14-15-12(16(9)2)8-17-6-5-11(7-17)13(18)10-3-4-10/h5-7,10H,3-4,8H2,1-2H3. The van der Waals surface area contributed by atoms with Crippen molar-refractivity contribution in [2.45, 2.75) is 26.3 Å². The Morgan fingerprint density at radius 3 is 2.83 bits per heavy atom. The van der Waals surface area contributed by atoms with Gasteiger partial charge in [0.25, 0.3) is 0 Å². The maximum Gasteiger partial charge on any atom is 0.167 e. The monoisotopic (exact) mass is 244 g/mol. The lowest BCUT2D eigenvalue weighted by atomic mass is 10.1. The van der Waals surface area contributed by atoms with Gasteiger partial charge in [0.1, 0.15) is 5.82 Å². The molecule has 18 heavy (non-hydrogen) atoms. The van der Waals surface area contributed by atoms with Gasteiger partial charge in [-0.15, -0.1) is 10.2 Å². The average molecular weight is 244 g/mol. The van der Waals surface area contributed by atoms with Crippen molar-refractivity contribution in [1.82, 2.24) is 19.3 Å². The average Bonchev–Trinajstić information content (AvgIpc) is 3.04. The molecular weight excluding hydrogens is 228 g/mol. The summed E-state index contributed by atoms with van der Waals surface area (Å²) in [4.78, 5) is 11.9. The van der Waals surface area contributed by atoms with Crippen molar-refractivity contribution in [3.05, 3.63) is 35.7 Å². The van der Waals surface area contributed by atoms with Crippen LogP contribution in [0.2, 0.25) is 0 Å². The zero-order chi connectivity index (χ0) is 12.7. The van der Waals surface area contributed by atoms with Crippen molar-refractivity contribution in [1.29, 1.82) is 0 Å². The predicted molar refractivity (Wildman–Crippen MR) is 66.3 cm³/mol. The molecule has 5 nitrogen and oxygen atoms in total. The van der Waals surface area contributed by atoms with Gasteiger partial charge in [-0.3, -0.25) is 4.79 Å². The Morgan fingerprint density at radius 2 is 2.22 bits per heavy atom. The van der Waals surface area contributed by atoms with Crippen molar-refractivity contribution in [2.24, 2.45) is 13.0 Å². The van der Waals surface area contributed by atoms with E-state index in [1.165, 1.54) is 0 Å².